The van der Waals surface area contributed by atoms with E-state index < -0.39 is 5.41 Å². The molecule has 3 rings (SSSR count). The van der Waals surface area contributed by atoms with Crippen molar-refractivity contribution in [2.75, 3.05) is 25.0 Å². The maximum Gasteiger partial charge on any atom is 0.253 e. The average molecular weight is 300 g/mol. The van der Waals surface area contributed by atoms with Crippen molar-refractivity contribution >= 4 is 17.5 Å². The van der Waals surface area contributed by atoms with Gasteiger partial charge in [-0.15, -0.1) is 0 Å². The summed E-state index contributed by atoms with van der Waals surface area (Å²) in [5, 5.41) is 0. The van der Waals surface area contributed by atoms with E-state index in [-0.39, 0.29) is 11.8 Å². The van der Waals surface area contributed by atoms with Crippen LogP contribution in [0.25, 0.3) is 0 Å². The Morgan fingerprint density at radius 1 is 1.09 bits per heavy atom. The van der Waals surface area contributed by atoms with E-state index in [1.165, 1.54) is 12.8 Å². The van der Waals surface area contributed by atoms with Gasteiger partial charge in [0.2, 0.25) is 5.91 Å². The molecule has 1 aromatic rings. The largest absolute Gasteiger partial charge is 0.339 e. The third-order valence-corrected chi connectivity index (χ3v) is 5.01. The molecule has 0 aliphatic carbocycles. The van der Waals surface area contributed by atoms with E-state index in [4.69, 9.17) is 0 Å². The molecule has 0 atom stereocenters. The Labute approximate surface area is 132 Å². The van der Waals surface area contributed by atoms with Crippen LogP contribution in [0.15, 0.2) is 18.2 Å². The molecule has 118 valence electrons. The zero-order valence-corrected chi connectivity index (χ0v) is 13.7. The Kier molecular flexibility index (Phi) is 3.71. The fourth-order valence-electron chi connectivity index (χ4n) is 3.56. The molecular formula is C18H24N2O2. The highest BCUT2D eigenvalue weighted by atomic mass is 16.2. The van der Waals surface area contributed by atoms with Gasteiger partial charge in [0.15, 0.2) is 0 Å². The highest BCUT2D eigenvalue weighted by Gasteiger charge is 2.42. The van der Waals surface area contributed by atoms with E-state index in [2.05, 4.69) is 0 Å². The second-order valence-corrected chi connectivity index (χ2v) is 6.93. The monoisotopic (exact) mass is 300 g/mol. The van der Waals surface area contributed by atoms with Gasteiger partial charge in [0.25, 0.3) is 5.91 Å². The van der Waals surface area contributed by atoms with Crippen LogP contribution >= 0.6 is 0 Å². The number of anilines is 1. The molecule has 0 unspecified atom stereocenters. The van der Waals surface area contributed by atoms with Gasteiger partial charge in [0.1, 0.15) is 0 Å². The maximum absolute atomic E-state index is 12.8. The van der Waals surface area contributed by atoms with Crippen molar-refractivity contribution in [1.29, 1.82) is 0 Å². The van der Waals surface area contributed by atoms with Crippen LogP contribution in [-0.4, -0.2) is 36.9 Å². The Balaban J connectivity index is 1.92. The summed E-state index contributed by atoms with van der Waals surface area (Å²) in [6, 6.07) is 5.69. The Bertz CT molecular complexity index is 614. The average Bonchev–Trinajstić information content (AvgIpc) is 2.76. The van der Waals surface area contributed by atoms with Crippen LogP contribution in [0.2, 0.25) is 0 Å². The van der Waals surface area contributed by atoms with Crippen molar-refractivity contribution in [2.24, 2.45) is 0 Å². The summed E-state index contributed by atoms with van der Waals surface area (Å²) >= 11 is 0. The zero-order chi connectivity index (χ0) is 15.9. The first-order valence-electron chi connectivity index (χ1n) is 8.15. The van der Waals surface area contributed by atoms with Crippen molar-refractivity contribution < 1.29 is 9.59 Å². The normalized spacial score (nSPS) is 20.8. The summed E-state index contributed by atoms with van der Waals surface area (Å²) in [6.07, 6.45) is 4.59. The first-order valence-corrected chi connectivity index (χ1v) is 8.15. The van der Waals surface area contributed by atoms with Gasteiger partial charge < -0.3 is 9.80 Å². The number of rotatable bonds is 1. The standard InChI is InChI=1S/C18H24N2O2/c1-18(2)14-12-13(8-9-15(14)19(3)17(18)22)16(21)20-10-6-4-5-7-11-20/h8-9,12H,4-7,10-11H2,1-3H3. The van der Waals surface area contributed by atoms with Crippen LogP contribution in [0.4, 0.5) is 5.69 Å². The van der Waals surface area contributed by atoms with Crippen LogP contribution in [0.1, 0.15) is 55.5 Å². The Morgan fingerprint density at radius 3 is 2.36 bits per heavy atom. The number of fused-ring (bicyclic) bond motifs is 1. The van der Waals surface area contributed by atoms with E-state index in [9.17, 15) is 9.59 Å². The van der Waals surface area contributed by atoms with Crippen LogP contribution in [0.3, 0.4) is 0 Å². The highest BCUT2D eigenvalue weighted by Crippen LogP contribution is 2.41. The summed E-state index contributed by atoms with van der Waals surface area (Å²) in [6.45, 7) is 5.55. The van der Waals surface area contributed by atoms with Gasteiger partial charge in [-0.05, 0) is 50.5 Å². The molecule has 22 heavy (non-hydrogen) atoms. The van der Waals surface area contributed by atoms with E-state index in [1.54, 1.807) is 11.9 Å². The zero-order valence-electron chi connectivity index (χ0n) is 13.7. The third kappa shape index (κ3) is 2.31. The van der Waals surface area contributed by atoms with E-state index in [0.717, 1.165) is 37.2 Å². The molecule has 1 fully saturated rings. The summed E-state index contributed by atoms with van der Waals surface area (Å²) in [7, 11) is 1.80. The minimum absolute atomic E-state index is 0.0851. The highest BCUT2D eigenvalue weighted by molar-refractivity contribution is 6.08. The lowest BCUT2D eigenvalue weighted by molar-refractivity contribution is -0.121. The fraction of sp³-hybridized carbons (Fsp3) is 0.556. The predicted molar refractivity (Wildman–Crippen MR) is 87.2 cm³/mol. The Hall–Kier alpha value is -1.84. The topological polar surface area (TPSA) is 40.6 Å². The number of carbonyl (C=O) groups is 2. The molecular weight excluding hydrogens is 276 g/mol. The molecule has 0 aromatic heterocycles. The van der Waals surface area contributed by atoms with E-state index >= 15 is 0 Å². The molecule has 4 nitrogen and oxygen atoms in total. The van der Waals surface area contributed by atoms with Crippen molar-refractivity contribution in [3.05, 3.63) is 29.3 Å². The SMILES string of the molecule is CN1C(=O)C(C)(C)c2cc(C(=O)N3CCCCCC3)ccc21. The number of hydrogen-bond acceptors (Lipinski definition) is 2. The second-order valence-electron chi connectivity index (χ2n) is 6.93. The summed E-state index contributed by atoms with van der Waals surface area (Å²) in [4.78, 5) is 28.7. The smallest absolute Gasteiger partial charge is 0.253 e. The molecule has 1 aromatic carbocycles. The quantitative estimate of drug-likeness (QED) is 0.800. The number of nitrogens with zero attached hydrogens (tertiary/aromatic N) is 2. The maximum atomic E-state index is 12.8. The third-order valence-electron chi connectivity index (χ3n) is 5.01. The molecule has 0 bridgehead atoms. The van der Waals surface area contributed by atoms with Crippen molar-refractivity contribution in [3.8, 4) is 0 Å². The van der Waals surface area contributed by atoms with Gasteiger partial charge in [0.05, 0.1) is 5.41 Å². The van der Waals surface area contributed by atoms with Crippen LogP contribution < -0.4 is 4.90 Å². The van der Waals surface area contributed by atoms with Crippen molar-refractivity contribution in [2.45, 2.75) is 44.9 Å². The number of carbonyl (C=O) groups excluding carboxylic acids is 2. The van der Waals surface area contributed by atoms with Crippen molar-refractivity contribution in [1.82, 2.24) is 4.90 Å². The number of hydrogen-bond donors (Lipinski definition) is 0. The molecule has 2 aliphatic heterocycles. The fourth-order valence-corrected chi connectivity index (χ4v) is 3.56. The lowest BCUT2D eigenvalue weighted by atomic mass is 9.85. The summed E-state index contributed by atoms with van der Waals surface area (Å²) in [5.41, 5.74) is 2.03. The van der Waals surface area contributed by atoms with E-state index in [0.29, 0.717) is 5.56 Å². The molecule has 0 spiro atoms. The molecule has 2 aliphatic rings. The van der Waals surface area contributed by atoms with Gasteiger partial charge >= 0.3 is 0 Å². The summed E-state index contributed by atoms with van der Waals surface area (Å²) < 4.78 is 0. The van der Waals surface area contributed by atoms with Crippen LogP contribution in [0.5, 0.6) is 0 Å². The first kappa shape index (κ1) is 15.1. The second kappa shape index (κ2) is 5.41. The van der Waals surface area contributed by atoms with Gasteiger partial charge in [-0.3, -0.25) is 9.59 Å². The number of likely N-dealkylation sites (N-methyl/N-ethyl adjacent to an activating group) is 1. The molecule has 0 saturated carbocycles. The number of likely N-dealkylation sites (tertiary alicyclic amines) is 1. The van der Waals surface area contributed by atoms with Crippen LogP contribution in [0, 0.1) is 0 Å². The number of amides is 2. The number of benzene rings is 1. The molecule has 4 heteroatoms. The summed E-state index contributed by atoms with van der Waals surface area (Å²) in [5.74, 6) is 0.185. The minimum atomic E-state index is -0.556. The lowest BCUT2D eigenvalue weighted by Crippen LogP contribution is -2.33. The van der Waals surface area contributed by atoms with Gasteiger partial charge in [-0.2, -0.15) is 0 Å². The predicted octanol–water partition coefficient (Wildman–Crippen LogP) is 2.96. The molecule has 0 radical (unpaired) electrons. The van der Waals surface area contributed by atoms with Gasteiger partial charge in [-0.1, -0.05) is 12.8 Å². The van der Waals surface area contributed by atoms with E-state index in [1.807, 2.05) is 36.9 Å². The van der Waals surface area contributed by atoms with Gasteiger partial charge in [0, 0.05) is 31.4 Å². The molecule has 2 amide bonds. The van der Waals surface area contributed by atoms with Crippen molar-refractivity contribution in [3.63, 3.8) is 0 Å². The first-order chi connectivity index (χ1) is 10.4. The van der Waals surface area contributed by atoms with Gasteiger partial charge in [-0.25, -0.2) is 0 Å². The molecule has 2 heterocycles. The Morgan fingerprint density at radius 2 is 1.73 bits per heavy atom. The minimum Gasteiger partial charge on any atom is -0.339 e. The lowest BCUT2D eigenvalue weighted by Gasteiger charge is -2.21. The molecule has 0 N–H and O–H groups in total. The van der Waals surface area contributed by atoms with Crippen LogP contribution in [-0.2, 0) is 10.2 Å². The molecule has 1 saturated heterocycles.